The summed E-state index contributed by atoms with van der Waals surface area (Å²) < 4.78 is 11.1. The van der Waals surface area contributed by atoms with Gasteiger partial charge in [-0.1, -0.05) is 30.3 Å². The predicted molar refractivity (Wildman–Crippen MR) is 109 cm³/mol. The van der Waals surface area contributed by atoms with Crippen LogP contribution in [0.2, 0.25) is 0 Å². The average molecular weight is 390 g/mol. The number of nitrogens with one attached hydrogen (secondary N) is 2. The molecule has 6 nitrogen and oxygen atoms in total. The van der Waals surface area contributed by atoms with Gasteiger partial charge in [0.05, 0.1) is 20.8 Å². The maximum absolute atomic E-state index is 11.8. The minimum atomic E-state index is -0.197. The number of hydrogen-bond acceptors (Lipinski definition) is 4. The molecule has 1 atom stereocenters. The van der Waals surface area contributed by atoms with Crippen LogP contribution in [0.15, 0.2) is 48.7 Å². The topological polar surface area (TPSA) is 89.4 Å². The molecule has 3 aromatic rings. The summed E-state index contributed by atoms with van der Waals surface area (Å²) in [7, 11) is 3.23. The van der Waals surface area contributed by atoms with Gasteiger partial charge in [-0.25, -0.2) is 0 Å². The summed E-state index contributed by atoms with van der Waals surface area (Å²) in [5.41, 5.74) is 8.50. The monoisotopic (exact) mass is 389 g/mol. The molecule has 0 saturated heterocycles. The molecule has 0 aliphatic rings. The third kappa shape index (κ3) is 4.18. The van der Waals surface area contributed by atoms with Gasteiger partial charge in [0, 0.05) is 35.1 Å². The van der Waals surface area contributed by atoms with E-state index in [9.17, 15) is 4.79 Å². The number of ether oxygens (including phenoxy) is 2. The van der Waals surface area contributed by atoms with Gasteiger partial charge in [-0.3, -0.25) is 4.79 Å². The number of aromatic amines is 1. The first-order valence-corrected chi connectivity index (χ1v) is 8.43. The van der Waals surface area contributed by atoms with E-state index in [1.54, 1.807) is 14.2 Å². The Bertz CT molecular complexity index is 910. The second-order valence-electron chi connectivity index (χ2n) is 5.93. The molecule has 1 unspecified atom stereocenters. The molecule has 3 rings (SSSR count). The molecule has 0 bridgehead atoms. The third-order valence-electron chi connectivity index (χ3n) is 4.49. The maximum Gasteiger partial charge on any atom is 0.233 e. The van der Waals surface area contributed by atoms with Crippen molar-refractivity contribution in [1.82, 2.24) is 10.3 Å². The second-order valence-corrected chi connectivity index (χ2v) is 5.93. The van der Waals surface area contributed by atoms with Gasteiger partial charge in [0.25, 0.3) is 0 Å². The van der Waals surface area contributed by atoms with Crippen LogP contribution in [0.3, 0.4) is 0 Å². The van der Waals surface area contributed by atoms with E-state index in [4.69, 9.17) is 15.2 Å². The molecular weight excluding hydrogens is 366 g/mol. The van der Waals surface area contributed by atoms with E-state index in [1.165, 1.54) is 0 Å². The number of H-pyrrole nitrogens is 1. The summed E-state index contributed by atoms with van der Waals surface area (Å²) in [5.74, 6) is 0.996. The van der Waals surface area contributed by atoms with Crippen LogP contribution in [-0.2, 0) is 4.79 Å². The Hall–Kier alpha value is -2.70. The minimum absolute atomic E-state index is 0. The number of methoxy groups -OCH3 is 2. The van der Waals surface area contributed by atoms with Gasteiger partial charge in [-0.05, 0) is 17.7 Å². The molecule has 7 heteroatoms. The highest BCUT2D eigenvalue weighted by atomic mass is 35.5. The Balaban J connectivity index is 0.00000261. The summed E-state index contributed by atoms with van der Waals surface area (Å²) >= 11 is 0. The van der Waals surface area contributed by atoms with E-state index < -0.39 is 0 Å². The first-order chi connectivity index (χ1) is 12.7. The van der Waals surface area contributed by atoms with Gasteiger partial charge >= 0.3 is 0 Å². The Morgan fingerprint density at radius 3 is 2.59 bits per heavy atom. The molecule has 0 aliphatic heterocycles. The molecule has 1 aromatic heterocycles. The van der Waals surface area contributed by atoms with Gasteiger partial charge in [0.15, 0.2) is 11.5 Å². The van der Waals surface area contributed by atoms with Crippen molar-refractivity contribution in [2.45, 2.75) is 5.92 Å². The van der Waals surface area contributed by atoms with Crippen LogP contribution in [0.5, 0.6) is 11.5 Å². The van der Waals surface area contributed by atoms with Crippen molar-refractivity contribution in [3.8, 4) is 11.5 Å². The number of benzene rings is 2. The molecule has 0 fully saturated rings. The quantitative estimate of drug-likeness (QED) is 0.579. The number of fused-ring (bicyclic) bond motifs is 1. The van der Waals surface area contributed by atoms with E-state index in [-0.39, 0.29) is 30.8 Å². The van der Waals surface area contributed by atoms with Crippen LogP contribution < -0.4 is 20.5 Å². The standard InChI is InChI=1S/C20H23N3O3.ClH/c1-25-18-9-5-7-14(20(18)26-2)16(12-23-19(24)10-21)15-11-22-17-8-4-3-6-13(15)17;/h3-9,11,16,22H,10,12,21H2,1-2H3,(H,23,24);1H. The highest BCUT2D eigenvalue weighted by Crippen LogP contribution is 2.40. The van der Waals surface area contributed by atoms with Crippen molar-refractivity contribution in [3.63, 3.8) is 0 Å². The molecule has 0 aliphatic carbocycles. The lowest BCUT2D eigenvalue weighted by Gasteiger charge is -2.21. The highest BCUT2D eigenvalue weighted by Gasteiger charge is 2.24. The Labute approximate surface area is 164 Å². The maximum atomic E-state index is 11.8. The highest BCUT2D eigenvalue weighted by molar-refractivity contribution is 5.85. The molecule has 144 valence electrons. The number of carbonyl (C=O) groups is 1. The van der Waals surface area contributed by atoms with Crippen molar-refractivity contribution >= 4 is 29.2 Å². The smallest absolute Gasteiger partial charge is 0.233 e. The van der Waals surface area contributed by atoms with Gasteiger partial charge in [0.2, 0.25) is 5.91 Å². The second kappa shape index (κ2) is 9.30. The number of halogens is 1. The average Bonchev–Trinajstić information content (AvgIpc) is 3.11. The SMILES string of the molecule is COc1cccc(C(CNC(=O)CN)c2c[nH]c3ccccc23)c1OC.Cl. The van der Waals surface area contributed by atoms with Gasteiger partial charge in [0.1, 0.15) is 0 Å². The molecule has 27 heavy (non-hydrogen) atoms. The van der Waals surface area contributed by atoms with Gasteiger partial charge < -0.3 is 25.5 Å². The lowest BCUT2D eigenvalue weighted by molar-refractivity contribution is -0.119. The van der Waals surface area contributed by atoms with Crippen LogP contribution in [0.4, 0.5) is 0 Å². The molecule has 1 heterocycles. The van der Waals surface area contributed by atoms with Crippen molar-refractivity contribution in [1.29, 1.82) is 0 Å². The predicted octanol–water partition coefficient (Wildman–Crippen LogP) is 2.81. The molecule has 0 saturated carbocycles. The number of carbonyl (C=O) groups excluding carboxylic acids is 1. The Kier molecular flexibility index (Phi) is 7.10. The van der Waals surface area contributed by atoms with Crippen molar-refractivity contribution in [2.24, 2.45) is 5.73 Å². The zero-order valence-electron chi connectivity index (χ0n) is 15.3. The van der Waals surface area contributed by atoms with E-state index in [2.05, 4.69) is 16.4 Å². The van der Waals surface area contributed by atoms with Crippen molar-refractivity contribution in [3.05, 3.63) is 59.8 Å². The zero-order valence-corrected chi connectivity index (χ0v) is 16.1. The summed E-state index contributed by atoms with van der Waals surface area (Å²) in [4.78, 5) is 15.1. The summed E-state index contributed by atoms with van der Waals surface area (Å²) in [6.07, 6.45) is 1.98. The van der Waals surface area contributed by atoms with Crippen LogP contribution in [-0.4, -0.2) is 38.2 Å². The van der Waals surface area contributed by atoms with E-state index >= 15 is 0 Å². The first kappa shape index (κ1) is 20.6. The molecular formula is C20H24ClN3O3. The van der Waals surface area contributed by atoms with Crippen molar-refractivity contribution in [2.75, 3.05) is 27.3 Å². The van der Waals surface area contributed by atoms with E-state index in [0.717, 1.165) is 22.0 Å². The number of para-hydroxylation sites is 2. The molecule has 0 spiro atoms. The Morgan fingerprint density at radius 2 is 1.89 bits per heavy atom. The molecule has 4 N–H and O–H groups in total. The van der Waals surface area contributed by atoms with Gasteiger partial charge in [-0.2, -0.15) is 0 Å². The molecule has 0 radical (unpaired) electrons. The normalized spacial score (nSPS) is 11.5. The zero-order chi connectivity index (χ0) is 18.5. The summed E-state index contributed by atoms with van der Waals surface area (Å²) in [6, 6.07) is 13.8. The van der Waals surface area contributed by atoms with Crippen LogP contribution in [0.1, 0.15) is 17.0 Å². The van der Waals surface area contributed by atoms with Crippen molar-refractivity contribution < 1.29 is 14.3 Å². The molecule has 1 amide bonds. The fourth-order valence-electron chi connectivity index (χ4n) is 3.24. The number of amides is 1. The first-order valence-electron chi connectivity index (χ1n) is 8.43. The third-order valence-corrected chi connectivity index (χ3v) is 4.49. The number of rotatable bonds is 7. The number of nitrogens with two attached hydrogens (primary N) is 1. The van der Waals surface area contributed by atoms with Crippen LogP contribution in [0.25, 0.3) is 10.9 Å². The summed E-state index contributed by atoms with van der Waals surface area (Å²) in [6.45, 7) is 0.358. The fraction of sp³-hybridized carbons (Fsp3) is 0.250. The lowest BCUT2D eigenvalue weighted by Crippen LogP contribution is -2.33. The van der Waals surface area contributed by atoms with Crippen LogP contribution in [0, 0.1) is 0 Å². The lowest BCUT2D eigenvalue weighted by atomic mass is 9.90. The van der Waals surface area contributed by atoms with Crippen LogP contribution >= 0.6 is 12.4 Å². The number of hydrogen-bond donors (Lipinski definition) is 3. The molecule has 2 aromatic carbocycles. The van der Waals surface area contributed by atoms with Gasteiger partial charge in [-0.15, -0.1) is 12.4 Å². The minimum Gasteiger partial charge on any atom is -0.493 e. The fourth-order valence-corrected chi connectivity index (χ4v) is 3.24. The number of aromatic nitrogens is 1. The van der Waals surface area contributed by atoms with E-state index in [0.29, 0.717) is 18.0 Å². The summed E-state index contributed by atoms with van der Waals surface area (Å²) in [5, 5.41) is 4.00. The Morgan fingerprint density at radius 1 is 1.11 bits per heavy atom. The largest absolute Gasteiger partial charge is 0.493 e. The van der Waals surface area contributed by atoms with E-state index in [1.807, 2.05) is 42.6 Å².